The van der Waals surface area contributed by atoms with Gasteiger partial charge in [-0.15, -0.1) is 0 Å². The Morgan fingerprint density at radius 2 is 1.17 bits per heavy atom. The van der Waals surface area contributed by atoms with Crippen LogP contribution in [0, 0.1) is 0 Å². The van der Waals surface area contributed by atoms with Crippen LogP contribution in [-0.4, -0.2) is 113 Å². The Morgan fingerprint density at radius 1 is 0.667 bits per heavy atom. The molecule has 0 fully saturated rings. The lowest BCUT2D eigenvalue weighted by Gasteiger charge is -2.29. The maximum Gasteiger partial charge on any atom is 0.238 e. The second-order valence-electron chi connectivity index (χ2n) is 7.68. The summed E-state index contributed by atoms with van der Waals surface area (Å²) in [6.45, 7) is 4.04. The van der Waals surface area contributed by atoms with Crippen molar-refractivity contribution >= 4 is 29.2 Å². The van der Waals surface area contributed by atoms with Crippen molar-refractivity contribution in [3.8, 4) is 0 Å². The van der Waals surface area contributed by atoms with Gasteiger partial charge in [0.15, 0.2) is 0 Å². The van der Waals surface area contributed by atoms with Crippen molar-refractivity contribution in [3.05, 3.63) is 24.3 Å². The van der Waals surface area contributed by atoms with E-state index in [4.69, 9.17) is 28.9 Å². The van der Waals surface area contributed by atoms with Gasteiger partial charge in [-0.05, 0) is 25.1 Å². The fraction of sp³-hybridized carbons (Fsp3) is 0.609. The number of likely N-dealkylation sites (N-methyl/N-ethyl adjacent to an activating group) is 1. The van der Waals surface area contributed by atoms with Crippen LogP contribution >= 0.6 is 0 Å². The van der Waals surface area contributed by atoms with Gasteiger partial charge in [-0.1, -0.05) is 6.07 Å². The fourth-order valence-electron chi connectivity index (χ4n) is 3.50. The van der Waals surface area contributed by atoms with Crippen LogP contribution in [0.2, 0.25) is 0 Å². The van der Waals surface area contributed by atoms with Crippen LogP contribution in [0.5, 0.6) is 0 Å². The Kier molecular flexibility index (Phi) is 13.1. The topological polar surface area (TPSA) is 129 Å². The maximum absolute atomic E-state index is 9.58. The van der Waals surface area contributed by atoms with E-state index in [0.717, 1.165) is 11.4 Å². The molecular formula is C23H39N7O6. The largest absolute Gasteiger partial charge is 0.395 e. The lowest BCUT2D eigenvalue weighted by Crippen LogP contribution is -2.34. The number of hydrogen-bond donors (Lipinski definition) is 2. The lowest BCUT2D eigenvalue weighted by atomic mass is 10.2. The standard InChI is InChI=1S/C23H39N7O6/c1-6-27(10-12-31)21-24-22(28(11-13-32)15-33-2)26-23(25-21)30(18-36-5)20-9-7-8-19(14-20)29(16-34-3)17-35-4/h7-9,14,31-32H,6,10-13,15-18H2,1-5H3. The molecule has 0 aliphatic heterocycles. The van der Waals surface area contributed by atoms with E-state index in [2.05, 4.69) is 4.98 Å². The molecule has 0 bridgehead atoms. The molecular weight excluding hydrogens is 470 g/mol. The molecule has 1 aromatic carbocycles. The number of aliphatic hydroxyl groups is 2. The molecule has 13 nitrogen and oxygen atoms in total. The molecule has 0 unspecified atom stereocenters. The monoisotopic (exact) mass is 509 g/mol. The number of aromatic nitrogens is 3. The number of aliphatic hydroxyl groups excluding tert-OH is 2. The van der Waals surface area contributed by atoms with Crippen LogP contribution in [0.15, 0.2) is 24.3 Å². The number of ether oxygens (including phenoxy) is 4. The number of hydrogen-bond acceptors (Lipinski definition) is 13. The first-order valence-electron chi connectivity index (χ1n) is 11.6. The zero-order valence-corrected chi connectivity index (χ0v) is 21.8. The zero-order chi connectivity index (χ0) is 26.3. The van der Waals surface area contributed by atoms with Crippen LogP contribution in [-0.2, 0) is 18.9 Å². The van der Waals surface area contributed by atoms with Crippen molar-refractivity contribution < 1.29 is 29.2 Å². The molecule has 13 heteroatoms. The Bertz CT molecular complexity index is 882. The van der Waals surface area contributed by atoms with Crippen LogP contribution in [0.4, 0.5) is 29.2 Å². The SMILES string of the molecule is CCN(CCO)c1nc(N(CCO)COC)nc(N(COC)c2cccc(N(COC)COC)c2)n1. The molecule has 0 amide bonds. The molecule has 1 aromatic heterocycles. The highest BCUT2D eigenvalue weighted by molar-refractivity contribution is 5.65. The fourth-order valence-corrected chi connectivity index (χ4v) is 3.50. The van der Waals surface area contributed by atoms with E-state index in [-0.39, 0.29) is 33.2 Å². The molecule has 0 aliphatic rings. The van der Waals surface area contributed by atoms with Gasteiger partial charge in [0.1, 0.15) is 26.9 Å². The van der Waals surface area contributed by atoms with Crippen molar-refractivity contribution in [1.29, 1.82) is 0 Å². The van der Waals surface area contributed by atoms with E-state index in [1.54, 1.807) is 33.3 Å². The van der Waals surface area contributed by atoms with Gasteiger partial charge in [-0.3, -0.25) is 4.90 Å². The van der Waals surface area contributed by atoms with Gasteiger partial charge in [0, 0.05) is 59.4 Å². The zero-order valence-electron chi connectivity index (χ0n) is 21.8. The third-order valence-corrected chi connectivity index (χ3v) is 5.15. The summed E-state index contributed by atoms with van der Waals surface area (Å²) in [5.74, 6) is 1.07. The molecule has 1 heterocycles. The molecule has 36 heavy (non-hydrogen) atoms. The molecule has 202 valence electrons. The molecule has 2 N–H and O–H groups in total. The van der Waals surface area contributed by atoms with Crippen molar-refractivity contribution in [2.75, 3.05) is 108 Å². The first-order chi connectivity index (χ1) is 17.6. The molecule has 0 aliphatic carbocycles. The third kappa shape index (κ3) is 8.11. The Labute approximate surface area is 212 Å². The van der Waals surface area contributed by atoms with Gasteiger partial charge in [-0.25, -0.2) is 0 Å². The summed E-state index contributed by atoms with van der Waals surface area (Å²) in [6.07, 6.45) is 0. The number of nitrogens with zero attached hydrogens (tertiary/aromatic N) is 7. The van der Waals surface area contributed by atoms with E-state index in [1.807, 2.05) is 45.9 Å². The van der Waals surface area contributed by atoms with Crippen LogP contribution < -0.4 is 19.6 Å². The van der Waals surface area contributed by atoms with Crippen LogP contribution in [0.3, 0.4) is 0 Å². The Balaban J connectivity index is 2.62. The van der Waals surface area contributed by atoms with Gasteiger partial charge in [0.25, 0.3) is 0 Å². The van der Waals surface area contributed by atoms with Gasteiger partial charge < -0.3 is 43.9 Å². The predicted octanol–water partition coefficient (Wildman–Crippen LogP) is 0.849. The van der Waals surface area contributed by atoms with E-state index in [1.165, 1.54) is 0 Å². The second-order valence-corrected chi connectivity index (χ2v) is 7.68. The normalized spacial score (nSPS) is 11.0. The first-order valence-corrected chi connectivity index (χ1v) is 11.6. The second kappa shape index (κ2) is 16.0. The van der Waals surface area contributed by atoms with Gasteiger partial charge in [-0.2, -0.15) is 15.0 Å². The molecule has 0 saturated carbocycles. The van der Waals surface area contributed by atoms with Gasteiger partial charge >= 0.3 is 0 Å². The summed E-state index contributed by atoms with van der Waals surface area (Å²) in [5.41, 5.74) is 1.66. The van der Waals surface area contributed by atoms with Gasteiger partial charge in [0.2, 0.25) is 17.8 Å². The van der Waals surface area contributed by atoms with Crippen molar-refractivity contribution in [2.24, 2.45) is 0 Å². The third-order valence-electron chi connectivity index (χ3n) is 5.15. The summed E-state index contributed by atoms with van der Waals surface area (Å²) in [4.78, 5) is 21.3. The molecule has 2 rings (SSSR count). The smallest absolute Gasteiger partial charge is 0.238 e. The number of benzene rings is 1. The van der Waals surface area contributed by atoms with E-state index < -0.39 is 0 Å². The molecule has 0 saturated heterocycles. The minimum atomic E-state index is -0.105. The van der Waals surface area contributed by atoms with E-state index in [9.17, 15) is 10.2 Å². The quantitative estimate of drug-likeness (QED) is 0.276. The number of methoxy groups -OCH3 is 4. The lowest BCUT2D eigenvalue weighted by molar-refractivity contribution is 0.140. The predicted molar refractivity (Wildman–Crippen MR) is 138 cm³/mol. The number of anilines is 5. The Morgan fingerprint density at radius 3 is 1.72 bits per heavy atom. The summed E-state index contributed by atoms with van der Waals surface area (Å²) in [7, 11) is 6.41. The average molecular weight is 510 g/mol. The van der Waals surface area contributed by atoms with E-state index in [0.29, 0.717) is 44.4 Å². The molecule has 0 spiro atoms. The minimum Gasteiger partial charge on any atom is -0.395 e. The molecule has 0 atom stereocenters. The molecule has 2 aromatic rings. The number of rotatable bonds is 18. The minimum absolute atomic E-state index is 0.0543. The summed E-state index contributed by atoms with van der Waals surface area (Å²) >= 11 is 0. The summed E-state index contributed by atoms with van der Waals surface area (Å²) in [5, 5.41) is 19.1. The van der Waals surface area contributed by atoms with Crippen LogP contribution in [0.25, 0.3) is 0 Å². The maximum atomic E-state index is 9.58. The van der Waals surface area contributed by atoms with Crippen molar-refractivity contribution in [3.63, 3.8) is 0 Å². The average Bonchev–Trinajstić information content (AvgIpc) is 2.90. The van der Waals surface area contributed by atoms with Crippen molar-refractivity contribution in [2.45, 2.75) is 6.92 Å². The van der Waals surface area contributed by atoms with E-state index >= 15 is 0 Å². The highest BCUT2D eigenvalue weighted by Gasteiger charge is 2.21. The summed E-state index contributed by atoms with van der Waals surface area (Å²) < 4.78 is 21.4. The van der Waals surface area contributed by atoms with Crippen LogP contribution in [0.1, 0.15) is 6.92 Å². The van der Waals surface area contributed by atoms with Gasteiger partial charge in [0.05, 0.1) is 13.2 Å². The first kappa shape index (κ1) is 29.4. The van der Waals surface area contributed by atoms with Crippen molar-refractivity contribution in [1.82, 2.24) is 15.0 Å². The summed E-state index contributed by atoms with van der Waals surface area (Å²) in [6, 6.07) is 7.77. The highest BCUT2D eigenvalue weighted by Crippen LogP contribution is 2.29. The Hall–Kier alpha value is -2.81. The highest BCUT2D eigenvalue weighted by atomic mass is 16.5. The molecule has 0 radical (unpaired) electrons.